The van der Waals surface area contributed by atoms with Gasteiger partial charge in [0.1, 0.15) is 0 Å². The Balaban J connectivity index is 1.89. The summed E-state index contributed by atoms with van der Waals surface area (Å²) < 4.78 is 10.4. The van der Waals surface area contributed by atoms with Crippen LogP contribution in [0, 0.1) is 0 Å². The number of rotatable bonds is 5. The monoisotopic (exact) mass is 333 g/mol. The van der Waals surface area contributed by atoms with Crippen LogP contribution in [-0.2, 0) is 6.42 Å². The van der Waals surface area contributed by atoms with Crippen LogP contribution < -0.4 is 15.8 Å². The zero-order valence-electron chi connectivity index (χ0n) is 9.20. The fourth-order valence-electron chi connectivity index (χ4n) is 1.39. The van der Waals surface area contributed by atoms with Crippen molar-refractivity contribution in [3.63, 3.8) is 0 Å². The predicted octanol–water partition coefficient (Wildman–Crippen LogP) is 3.21. The molecule has 7 heteroatoms. The van der Waals surface area contributed by atoms with E-state index in [1.807, 2.05) is 0 Å². The van der Waals surface area contributed by atoms with Crippen molar-refractivity contribution in [2.24, 2.45) is 0 Å². The Labute approximate surface area is 116 Å². The molecule has 0 aliphatic carbocycles. The molecule has 0 amide bonds. The van der Waals surface area contributed by atoms with Crippen molar-refractivity contribution in [2.45, 2.75) is 6.42 Å². The van der Waals surface area contributed by atoms with Crippen molar-refractivity contribution >= 4 is 49.6 Å². The highest BCUT2D eigenvalue weighted by molar-refractivity contribution is 9.11. The highest BCUT2D eigenvalue weighted by Gasteiger charge is 2.11. The fourth-order valence-corrected chi connectivity index (χ4v) is 3.58. The van der Waals surface area contributed by atoms with E-state index in [0.29, 0.717) is 11.6 Å². The Morgan fingerprint density at radius 1 is 1.53 bits per heavy atom. The minimum Gasteiger partial charge on any atom is -0.490 e. The van der Waals surface area contributed by atoms with Gasteiger partial charge in [0.15, 0.2) is 16.6 Å². The van der Waals surface area contributed by atoms with Crippen molar-refractivity contribution in [3.05, 3.63) is 20.8 Å². The first-order valence-corrected chi connectivity index (χ1v) is 7.36. The van der Waals surface area contributed by atoms with Crippen molar-refractivity contribution in [1.29, 1.82) is 0 Å². The molecule has 0 spiro atoms. The maximum atomic E-state index is 5.67. The molecule has 4 nitrogen and oxygen atoms in total. The number of hydrogen-bond donors (Lipinski definition) is 2. The van der Waals surface area contributed by atoms with Crippen LogP contribution in [0.5, 0.6) is 5.75 Å². The number of nitrogen functional groups attached to an aromatic ring is 1. The molecule has 92 valence electrons. The topological polar surface area (TPSA) is 60.2 Å². The summed E-state index contributed by atoms with van der Waals surface area (Å²) in [6.07, 6.45) is 0.969. The van der Waals surface area contributed by atoms with E-state index >= 15 is 0 Å². The number of halogens is 1. The molecular weight excluding hydrogens is 322 g/mol. The summed E-state index contributed by atoms with van der Waals surface area (Å²) in [4.78, 5) is 1.33. The van der Waals surface area contributed by atoms with Gasteiger partial charge in [0.05, 0.1) is 10.9 Å². The largest absolute Gasteiger partial charge is 0.490 e. The zero-order chi connectivity index (χ0) is 12.3. The Bertz CT molecular complexity index is 497. The van der Waals surface area contributed by atoms with Crippen molar-refractivity contribution in [3.8, 4) is 5.75 Å². The van der Waals surface area contributed by atoms with E-state index in [1.54, 1.807) is 18.4 Å². The Kier molecular flexibility index (Phi) is 4.25. The van der Waals surface area contributed by atoms with Crippen LogP contribution >= 0.6 is 38.8 Å². The number of nitrogens with zero attached hydrogens (tertiary/aromatic N) is 1. The summed E-state index contributed by atoms with van der Waals surface area (Å²) in [6, 6.07) is 4.18. The molecule has 2 rings (SSSR count). The maximum Gasteiger partial charge on any atom is 0.197 e. The predicted molar refractivity (Wildman–Crippen MR) is 77.3 cm³/mol. The van der Waals surface area contributed by atoms with Crippen LogP contribution in [-0.4, -0.2) is 18.0 Å². The Hall–Kier alpha value is -0.790. The van der Waals surface area contributed by atoms with E-state index < -0.39 is 0 Å². The summed E-state index contributed by atoms with van der Waals surface area (Å²) in [5.74, 6) is 1.08. The van der Waals surface area contributed by atoms with E-state index in [-0.39, 0.29) is 0 Å². The molecule has 2 aromatic heterocycles. The number of thiophene rings is 1. The Morgan fingerprint density at radius 3 is 3.00 bits per heavy atom. The number of methoxy groups -OCH3 is 1. The van der Waals surface area contributed by atoms with E-state index in [1.165, 1.54) is 16.4 Å². The van der Waals surface area contributed by atoms with Gasteiger partial charge in [-0.05, 0) is 46.0 Å². The number of hydrogen-bond acceptors (Lipinski definition) is 6. The van der Waals surface area contributed by atoms with E-state index in [0.717, 1.165) is 21.8 Å². The minimum absolute atomic E-state index is 0.443. The van der Waals surface area contributed by atoms with Gasteiger partial charge in [-0.1, -0.05) is 0 Å². The standard InChI is InChI=1S/C10H12BrN3OS2/c1-15-8-9(12)14-17-10(8)13-5-4-6-2-3-7(11)16-6/h2-3,13H,4-5H2,1H3,(H2,12,14). The minimum atomic E-state index is 0.443. The van der Waals surface area contributed by atoms with Crippen LogP contribution in [0.2, 0.25) is 0 Å². The van der Waals surface area contributed by atoms with Gasteiger partial charge >= 0.3 is 0 Å². The first kappa shape index (κ1) is 12.7. The molecule has 0 fully saturated rings. The number of nitrogens with two attached hydrogens (primary N) is 1. The summed E-state index contributed by atoms with van der Waals surface area (Å²) in [5.41, 5.74) is 5.67. The first-order chi connectivity index (χ1) is 8.20. The highest BCUT2D eigenvalue weighted by atomic mass is 79.9. The van der Waals surface area contributed by atoms with Crippen molar-refractivity contribution in [1.82, 2.24) is 4.37 Å². The van der Waals surface area contributed by atoms with Crippen molar-refractivity contribution < 1.29 is 4.74 Å². The third kappa shape index (κ3) is 3.11. The molecule has 17 heavy (non-hydrogen) atoms. The normalized spacial score (nSPS) is 10.5. The van der Waals surface area contributed by atoms with Gasteiger partial charge in [0.25, 0.3) is 0 Å². The van der Waals surface area contributed by atoms with Gasteiger partial charge in [-0.25, -0.2) is 0 Å². The van der Waals surface area contributed by atoms with Crippen LogP contribution in [0.15, 0.2) is 15.9 Å². The van der Waals surface area contributed by atoms with Gasteiger partial charge in [-0.2, -0.15) is 4.37 Å². The lowest BCUT2D eigenvalue weighted by Gasteiger charge is -2.04. The molecule has 0 atom stereocenters. The lowest BCUT2D eigenvalue weighted by molar-refractivity contribution is 0.419. The SMILES string of the molecule is COc1c(N)nsc1NCCc1ccc(Br)s1. The van der Waals surface area contributed by atoms with E-state index in [2.05, 4.69) is 37.8 Å². The molecule has 0 aliphatic rings. The molecule has 0 bridgehead atoms. The van der Waals surface area contributed by atoms with Gasteiger partial charge in [0, 0.05) is 11.4 Å². The summed E-state index contributed by atoms with van der Waals surface area (Å²) >= 11 is 6.52. The van der Waals surface area contributed by atoms with Crippen LogP contribution in [0.3, 0.4) is 0 Å². The van der Waals surface area contributed by atoms with Crippen molar-refractivity contribution in [2.75, 3.05) is 24.7 Å². The number of nitrogens with one attached hydrogen (secondary N) is 1. The second kappa shape index (κ2) is 5.70. The molecule has 0 unspecified atom stereocenters. The van der Waals surface area contributed by atoms with Gasteiger partial charge in [-0.3, -0.25) is 0 Å². The summed E-state index contributed by atoms with van der Waals surface area (Å²) in [6.45, 7) is 0.838. The highest BCUT2D eigenvalue weighted by Crippen LogP contribution is 2.34. The fraction of sp³-hybridized carbons (Fsp3) is 0.300. The molecule has 2 aromatic rings. The average Bonchev–Trinajstić information content (AvgIpc) is 2.86. The molecular formula is C10H12BrN3OS2. The second-order valence-corrected chi connectivity index (χ2v) is 6.63. The van der Waals surface area contributed by atoms with Gasteiger partial charge in [0.2, 0.25) is 0 Å². The quantitative estimate of drug-likeness (QED) is 0.881. The summed E-state index contributed by atoms with van der Waals surface area (Å²) in [5, 5.41) is 4.17. The first-order valence-electron chi connectivity index (χ1n) is 4.98. The third-order valence-corrected chi connectivity index (χ3v) is 4.65. The number of anilines is 2. The molecule has 0 saturated heterocycles. The molecule has 0 aliphatic heterocycles. The van der Waals surface area contributed by atoms with E-state index in [9.17, 15) is 0 Å². The molecule has 0 aromatic carbocycles. The number of ether oxygens (including phenoxy) is 1. The Morgan fingerprint density at radius 2 is 2.35 bits per heavy atom. The van der Waals surface area contributed by atoms with Gasteiger partial charge < -0.3 is 15.8 Å². The van der Waals surface area contributed by atoms with E-state index in [4.69, 9.17) is 10.5 Å². The lowest BCUT2D eigenvalue weighted by Crippen LogP contribution is -2.03. The third-order valence-electron chi connectivity index (χ3n) is 2.16. The smallest absolute Gasteiger partial charge is 0.197 e. The molecule has 0 saturated carbocycles. The summed E-state index contributed by atoms with van der Waals surface area (Å²) in [7, 11) is 1.60. The molecule has 0 radical (unpaired) electrons. The zero-order valence-corrected chi connectivity index (χ0v) is 12.4. The second-order valence-electron chi connectivity index (χ2n) is 3.31. The van der Waals surface area contributed by atoms with Crippen LogP contribution in [0.25, 0.3) is 0 Å². The molecule has 2 heterocycles. The average molecular weight is 334 g/mol. The molecule has 3 N–H and O–H groups in total. The van der Waals surface area contributed by atoms with Gasteiger partial charge in [-0.15, -0.1) is 11.3 Å². The van der Waals surface area contributed by atoms with Crippen LogP contribution in [0.1, 0.15) is 4.88 Å². The lowest BCUT2D eigenvalue weighted by atomic mass is 10.3. The number of aromatic nitrogens is 1. The maximum absolute atomic E-state index is 5.67. The van der Waals surface area contributed by atoms with Crippen LogP contribution in [0.4, 0.5) is 10.8 Å².